The van der Waals surface area contributed by atoms with Crippen molar-refractivity contribution in [3.8, 4) is 0 Å². The molecule has 0 bridgehead atoms. The van der Waals surface area contributed by atoms with Gasteiger partial charge in [0.05, 0.1) is 5.75 Å². The van der Waals surface area contributed by atoms with E-state index in [1.54, 1.807) is 60.7 Å². The topological polar surface area (TPSA) is 87.3 Å². The van der Waals surface area contributed by atoms with Gasteiger partial charge in [-0.3, -0.25) is 14.4 Å². The van der Waals surface area contributed by atoms with E-state index in [0.29, 0.717) is 22.0 Å². The van der Waals surface area contributed by atoms with Crippen molar-refractivity contribution < 1.29 is 14.4 Å². The summed E-state index contributed by atoms with van der Waals surface area (Å²) in [4.78, 5) is 39.5. The predicted molar refractivity (Wildman–Crippen MR) is 164 cm³/mol. The lowest BCUT2D eigenvalue weighted by Crippen LogP contribution is -2.30. The number of halogens is 1. The number of carbonyl (C=O) groups excluding carboxylic acids is 3. The van der Waals surface area contributed by atoms with Gasteiger partial charge in [0.1, 0.15) is 5.70 Å². The van der Waals surface area contributed by atoms with Crippen LogP contribution in [0.4, 0.5) is 11.4 Å². The largest absolute Gasteiger partial charge is 0.325 e. The Bertz CT molecular complexity index is 1570. The van der Waals surface area contributed by atoms with Gasteiger partial charge < -0.3 is 16.0 Å². The van der Waals surface area contributed by atoms with Crippen molar-refractivity contribution in [3.05, 3.63) is 130 Å². The van der Waals surface area contributed by atoms with E-state index in [-0.39, 0.29) is 23.3 Å². The average molecular weight is 570 g/mol. The van der Waals surface area contributed by atoms with E-state index in [1.165, 1.54) is 11.8 Å². The van der Waals surface area contributed by atoms with Crippen LogP contribution in [0.2, 0.25) is 5.02 Å². The summed E-state index contributed by atoms with van der Waals surface area (Å²) < 4.78 is 0. The number of rotatable bonds is 9. The number of hydrogen-bond donors (Lipinski definition) is 3. The molecule has 6 nitrogen and oxygen atoms in total. The number of aryl methyl sites for hydroxylation is 2. The Hall–Kier alpha value is -4.33. The van der Waals surface area contributed by atoms with Gasteiger partial charge >= 0.3 is 0 Å². The highest BCUT2D eigenvalue weighted by Crippen LogP contribution is 2.24. The normalized spacial score (nSPS) is 11.0. The molecule has 0 aliphatic heterocycles. The summed E-state index contributed by atoms with van der Waals surface area (Å²) in [5.74, 6) is -0.853. The van der Waals surface area contributed by atoms with Crippen molar-refractivity contribution in [2.75, 3.05) is 16.4 Å². The van der Waals surface area contributed by atoms with Gasteiger partial charge in [-0.1, -0.05) is 71.8 Å². The first kappa shape index (κ1) is 28.7. The summed E-state index contributed by atoms with van der Waals surface area (Å²) in [7, 11) is 0. The Morgan fingerprint density at radius 1 is 0.825 bits per heavy atom. The zero-order valence-electron chi connectivity index (χ0n) is 22.0. The lowest BCUT2D eigenvalue weighted by atomic mass is 10.1. The predicted octanol–water partition coefficient (Wildman–Crippen LogP) is 7.10. The fourth-order valence-electron chi connectivity index (χ4n) is 3.80. The molecular formula is C32H28ClN3O3S. The minimum Gasteiger partial charge on any atom is -0.325 e. The molecule has 0 radical (unpaired) electrons. The summed E-state index contributed by atoms with van der Waals surface area (Å²) in [6.07, 6.45) is 1.64. The van der Waals surface area contributed by atoms with Gasteiger partial charge in [0.25, 0.3) is 11.8 Å². The van der Waals surface area contributed by atoms with Gasteiger partial charge in [-0.2, -0.15) is 0 Å². The van der Waals surface area contributed by atoms with Crippen LogP contribution < -0.4 is 16.0 Å². The second-order valence-corrected chi connectivity index (χ2v) is 10.6. The van der Waals surface area contributed by atoms with Gasteiger partial charge in [0.2, 0.25) is 5.91 Å². The highest BCUT2D eigenvalue weighted by atomic mass is 35.5. The minimum absolute atomic E-state index is 0.105. The van der Waals surface area contributed by atoms with Crippen molar-refractivity contribution in [2.45, 2.75) is 18.7 Å². The van der Waals surface area contributed by atoms with Gasteiger partial charge in [-0.05, 0) is 73.5 Å². The number of thioether (sulfide) groups is 1. The van der Waals surface area contributed by atoms with Crippen LogP contribution >= 0.6 is 23.4 Å². The van der Waals surface area contributed by atoms with Crippen LogP contribution in [-0.2, 0) is 9.59 Å². The number of carbonyl (C=O) groups is 3. The third kappa shape index (κ3) is 8.33. The van der Waals surface area contributed by atoms with Crippen LogP contribution in [0.25, 0.3) is 6.08 Å². The third-order valence-electron chi connectivity index (χ3n) is 5.82. The molecule has 0 fully saturated rings. The molecule has 0 saturated carbocycles. The van der Waals surface area contributed by atoms with Crippen molar-refractivity contribution in [1.82, 2.24) is 5.32 Å². The molecular weight excluding hydrogens is 542 g/mol. The van der Waals surface area contributed by atoms with Gasteiger partial charge in [0.15, 0.2) is 0 Å². The Kier molecular flexibility index (Phi) is 9.78. The first-order chi connectivity index (χ1) is 19.3. The monoisotopic (exact) mass is 569 g/mol. The van der Waals surface area contributed by atoms with Gasteiger partial charge in [-0.25, -0.2) is 0 Å². The van der Waals surface area contributed by atoms with Crippen molar-refractivity contribution in [3.63, 3.8) is 0 Å². The summed E-state index contributed by atoms with van der Waals surface area (Å²) in [5, 5.41) is 9.04. The fraction of sp³-hybridized carbons (Fsp3) is 0.0938. The molecule has 8 heteroatoms. The smallest absolute Gasteiger partial charge is 0.272 e. The van der Waals surface area contributed by atoms with Crippen molar-refractivity contribution >= 4 is 58.5 Å². The van der Waals surface area contributed by atoms with Crippen molar-refractivity contribution in [1.29, 1.82) is 0 Å². The molecule has 4 aromatic rings. The summed E-state index contributed by atoms with van der Waals surface area (Å²) in [6.45, 7) is 3.86. The van der Waals surface area contributed by atoms with Gasteiger partial charge in [-0.15, -0.1) is 11.8 Å². The van der Waals surface area contributed by atoms with Gasteiger partial charge in [0, 0.05) is 26.9 Å². The number of anilines is 2. The Morgan fingerprint density at radius 2 is 1.60 bits per heavy atom. The molecule has 0 aliphatic rings. The molecule has 0 saturated heterocycles. The lowest BCUT2D eigenvalue weighted by molar-refractivity contribution is -0.114. The van der Waals surface area contributed by atoms with Crippen LogP contribution in [0.15, 0.2) is 108 Å². The molecule has 0 atom stereocenters. The van der Waals surface area contributed by atoms with Crippen LogP contribution in [-0.4, -0.2) is 23.5 Å². The Balaban J connectivity index is 1.45. The average Bonchev–Trinajstić information content (AvgIpc) is 2.94. The zero-order valence-corrected chi connectivity index (χ0v) is 23.6. The highest BCUT2D eigenvalue weighted by Gasteiger charge is 2.16. The molecule has 0 spiro atoms. The summed E-state index contributed by atoms with van der Waals surface area (Å²) in [5.41, 5.74) is 4.48. The SMILES string of the molecule is Cc1cccc(/C=C(/NC(=O)c2ccccc2)C(=O)Nc2cccc(SCC(=O)Nc3cc(Cl)ccc3C)c2)c1. The lowest BCUT2D eigenvalue weighted by Gasteiger charge is -2.12. The second kappa shape index (κ2) is 13.6. The number of hydrogen-bond acceptors (Lipinski definition) is 4. The summed E-state index contributed by atoms with van der Waals surface area (Å²) >= 11 is 7.39. The maximum atomic E-state index is 13.3. The molecule has 40 heavy (non-hydrogen) atoms. The highest BCUT2D eigenvalue weighted by molar-refractivity contribution is 8.00. The minimum atomic E-state index is -0.470. The molecule has 202 valence electrons. The molecule has 4 rings (SSSR count). The first-order valence-corrected chi connectivity index (χ1v) is 13.9. The molecule has 0 aliphatic carbocycles. The molecule has 0 heterocycles. The Labute approximate surface area is 242 Å². The van der Waals surface area contributed by atoms with E-state index in [4.69, 9.17) is 11.6 Å². The fourth-order valence-corrected chi connectivity index (χ4v) is 4.72. The quantitative estimate of drug-likeness (QED) is 0.148. The molecule has 0 aromatic heterocycles. The number of nitrogens with one attached hydrogen (secondary N) is 3. The van der Waals surface area contributed by atoms with Crippen LogP contribution in [0, 0.1) is 13.8 Å². The van der Waals surface area contributed by atoms with E-state index in [9.17, 15) is 14.4 Å². The second-order valence-electron chi connectivity index (χ2n) is 9.07. The first-order valence-electron chi connectivity index (χ1n) is 12.5. The van der Waals surface area contributed by atoms with Crippen LogP contribution in [0.5, 0.6) is 0 Å². The molecule has 3 amide bonds. The van der Waals surface area contributed by atoms with E-state index < -0.39 is 5.91 Å². The molecule has 3 N–H and O–H groups in total. The van der Waals surface area contributed by atoms with Crippen LogP contribution in [0.3, 0.4) is 0 Å². The van der Waals surface area contributed by atoms with E-state index in [1.807, 2.05) is 56.3 Å². The van der Waals surface area contributed by atoms with Crippen LogP contribution in [0.1, 0.15) is 27.0 Å². The molecule has 4 aromatic carbocycles. The standard InChI is InChI=1S/C32H28ClN3O3S/c1-21-8-6-9-23(16-21)17-29(36-31(38)24-10-4-3-5-11-24)32(39)34-26-12-7-13-27(19-26)40-20-30(37)35-28-18-25(33)15-14-22(28)2/h3-19H,20H2,1-2H3,(H,34,39)(H,35,37)(H,36,38)/b29-17+. The third-order valence-corrected chi connectivity index (χ3v) is 7.05. The van der Waals surface area contributed by atoms with E-state index in [0.717, 1.165) is 21.6 Å². The molecule has 0 unspecified atom stereocenters. The van der Waals surface area contributed by atoms with E-state index in [2.05, 4.69) is 16.0 Å². The maximum Gasteiger partial charge on any atom is 0.272 e. The van der Waals surface area contributed by atoms with E-state index >= 15 is 0 Å². The number of amides is 3. The maximum absolute atomic E-state index is 13.3. The Morgan fingerprint density at radius 3 is 2.38 bits per heavy atom. The van der Waals surface area contributed by atoms with Crippen molar-refractivity contribution in [2.24, 2.45) is 0 Å². The number of benzene rings is 4. The zero-order chi connectivity index (χ0) is 28.5. The summed E-state index contributed by atoms with van der Waals surface area (Å²) in [6, 6.07) is 28.9.